The van der Waals surface area contributed by atoms with Crippen LogP contribution in [0.15, 0.2) is 36.4 Å². The molecule has 0 radical (unpaired) electrons. The molecule has 0 saturated heterocycles. The maximum Gasteiger partial charge on any atom is 0.245 e. The summed E-state index contributed by atoms with van der Waals surface area (Å²) in [6.07, 6.45) is 0. The van der Waals surface area contributed by atoms with Gasteiger partial charge in [0, 0.05) is 12.1 Å². The highest BCUT2D eigenvalue weighted by Gasteiger charge is 2.18. The van der Waals surface area contributed by atoms with Crippen LogP contribution in [-0.2, 0) is 4.79 Å². The second-order valence-corrected chi connectivity index (χ2v) is 4.62. The molecule has 3 nitrogen and oxygen atoms in total. The average Bonchev–Trinajstić information content (AvgIpc) is 2.44. The second kappa shape index (κ2) is 5.97. The first-order valence-corrected chi connectivity index (χ1v) is 6.16. The Bertz CT molecular complexity index is 671. The molecule has 1 unspecified atom stereocenters. The summed E-state index contributed by atoms with van der Waals surface area (Å²) in [4.78, 5) is 11.9. The van der Waals surface area contributed by atoms with E-state index in [1.54, 1.807) is 24.3 Å². The van der Waals surface area contributed by atoms with E-state index in [9.17, 15) is 18.0 Å². The zero-order valence-electron chi connectivity index (χ0n) is 11.2. The van der Waals surface area contributed by atoms with Gasteiger partial charge >= 0.3 is 0 Å². The summed E-state index contributed by atoms with van der Waals surface area (Å²) in [5.41, 5.74) is 6.82. The largest absolute Gasteiger partial charge is 0.322 e. The predicted octanol–water partition coefficient (Wildman–Crippen LogP) is 3.05. The molecule has 6 heteroatoms. The monoisotopic (exact) mass is 294 g/mol. The van der Waals surface area contributed by atoms with Gasteiger partial charge in [0.05, 0.1) is 5.69 Å². The van der Waals surface area contributed by atoms with Gasteiger partial charge in [-0.15, -0.1) is 0 Å². The molecule has 0 saturated carbocycles. The van der Waals surface area contributed by atoms with Crippen molar-refractivity contribution in [3.8, 4) is 0 Å². The van der Waals surface area contributed by atoms with Crippen molar-refractivity contribution >= 4 is 11.6 Å². The van der Waals surface area contributed by atoms with Crippen molar-refractivity contribution in [1.82, 2.24) is 0 Å². The summed E-state index contributed by atoms with van der Waals surface area (Å²) in [6.45, 7) is 1.88. The fraction of sp³-hybridized carbons (Fsp3) is 0.133. The number of hydrogen-bond acceptors (Lipinski definition) is 2. The molecular weight excluding hydrogens is 281 g/mol. The lowest BCUT2D eigenvalue weighted by molar-refractivity contribution is -0.117. The number of nitrogens with two attached hydrogens (primary N) is 1. The van der Waals surface area contributed by atoms with Gasteiger partial charge in [0.1, 0.15) is 11.9 Å². The summed E-state index contributed by atoms with van der Waals surface area (Å²) in [7, 11) is 0. The van der Waals surface area contributed by atoms with Crippen molar-refractivity contribution in [1.29, 1.82) is 0 Å². The topological polar surface area (TPSA) is 55.1 Å². The van der Waals surface area contributed by atoms with Gasteiger partial charge in [-0.05, 0) is 12.5 Å². The van der Waals surface area contributed by atoms with Crippen molar-refractivity contribution in [3.63, 3.8) is 0 Å². The number of halogens is 3. The Morgan fingerprint density at radius 3 is 2.24 bits per heavy atom. The average molecular weight is 294 g/mol. The minimum absolute atomic E-state index is 0.363. The zero-order valence-corrected chi connectivity index (χ0v) is 11.2. The van der Waals surface area contributed by atoms with Crippen molar-refractivity contribution < 1.29 is 18.0 Å². The van der Waals surface area contributed by atoms with Crippen LogP contribution in [-0.4, -0.2) is 5.91 Å². The summed E-state index contributed by atoms with van der Waals surface area (Å²) < 4.78 is 39.3. The molecule has 0 heterocycles. The molecule has 0 bridgehead atoms. The number of amides is 1. The van der Waals surface area contributed by atoms with E-state index < -0.39 is 35.1 Å². The van der Waals surface area contributed by atoms with E-state index in [0.717, 1.165) is 5.56 Å². The molecular formula is C15H13F3N2O. The molecule has 0 spiro atoms. The predicted molar refractivity (Wildman–Crippen MR) is 73.1 cm³/mol. The highest BCUT2D eigenvalue weighted by molar-refractivity contribution is 5.95. The van der Waals surface area contributed by atoms with Crippen LogP contribution in [0, 0.1) is 24.4 Å². The summed E-state index contributed by atoms with van der Waals surface area (Å²) in [5.74, 6) is -4.37. The normalized spacial score (nSPS) is 12.0. The van der Waals surface area contributed by atoms with Crippen LogP contribution in [0.4, 0.5) is 18.9 Å². The number of anilines is 1. The highest BCUT2D eigenvalue weighted by Crippen LogP contribution is 2.20. The van der Waals surface area contributed by atoms with Crippen LogP contribution in [0.2, 0.25) is 0 Å². The summed E-state index contributed by atoms with van der Waals surface area (Å²) in [5, 5.41) is 2.15. The van der Waals surface area contributed by atoms with E-state index in [0.29, 0.717) is 17.7 Å². The zero-order chi connectivity index (χ0) is 15.6. The van der Waals surface area contributed by atoms with Crippen molar-refractivity contribution in [3.05, 3.63) is 65.0 Å². The lowest BCUT2D eigenvalue weighted by Crippen LogP contribution is -2.28. The molecule has 0 fully saturated rings. The van der Waals surface area contributed by atoms with Crippen LogP contribution >= 0.6 is 0 Å². The minimum Gasteiger partial charge on any atom is -0.322 e. The van der Waals surface area contributed by atoms with Crippen LogP contribution in [0.1, 0.15) is 17.2 Å². The van der Waals surface area contributed by atoms with Gasteiger partial charge < -0.3 is 11.1 Å². The van der Waals surface area contributed by atoms with E-state index in [4.69, 9.17) is 5.73 Å². The maximum absolute atomic E-state index is 13.4. The second-order valence-electron chi connectivity index (χ2n) is 4.62. The number of nitrogens with one attached hydrogen (secondary N) is 1. The molecule has 0 aliphatic carbocycles. The Labute approximate surface area is 119 Å². The van der Waals surface area contributed by atoms with Crippen LogP contribution in [0.5, 0.6) is 0 Å². The molecule has 3 N–H and O–H groups in total. The number of rotatable bonds is 3. The smallest absolute Gasteiger partial charge is 0.245 e. The van der Waals surface area contributed by atoms with E-state index in [1.807, 2.05) is 6.92 Å². The fourth-order valence-corrected chi connectivity index (χ4v) is 1.75. The SMILES string of the molecule is Cc1ccc(C(N)C(=O)Nc2cc(F)c(F)cc2F)cc1. The lowest BCUT2D eigenvalue weighted by Gasteiger charge is -2.13. The van der Waals surface area contributed by atoms with Crippen molar-refractivity contribution in [2.24, 2.45) is 5.73 Å². The minimum atomic E-state index is -1.33. The molecule has 0 aromatic heterocycles. The molecule has 21 heavy (non-hydrogen) atoms. The molecule has 2 aromatic carbocycles. The van der Waals surface area contributed by atoms with E-state index >= 15 is 0 Å². The first-order chi connectivity index (χ1) is 9.88. The van der Waals surface area contributed by atoms with Gasteiger partial charge in [-0.1, -0.05) is 29.8 Å². The van der Waals surface area contributed by atoms with E-state index in [2.05, 4.69) is 5.32 Å². The number of benzene rings is 2. The number of hydrogen-bond donors (Lipinski definition) is 2. The van der Waals surface area contributed by atoms with Gasteiger partial charge in [-0.2, -0.15) is 0 Å². The molecule has 2 aromatic rings. The van der Waals surface area contributed by atoms with Gasteiger partial charge in [0.15, 0.2) is 11.6 Å². The van der Waals surface area contributed by atoms with Crippen LogP contribution in [0.25, 0.3) is 0 Å². The van der Waals surface area contributed by atoms with Crippen molar-refractivity contribution in [2.75, 3.05) is 5.32 Å². The summed E-state index contributed by atoms with van der Waals surface area (Å²) in [6, 6.07) is 6.79. The summed E-state index contributed by atoms with van der Waals surface area (Å²) >= 11 is 0. The number of carbonyl (C=O) groups is 1. The first kappa shape index (κ1) is 15.1. The number of carbonyl (C=O) groups excluding carboxylic acids is 1. The quantitative estimate of drug-likeness (QED) is 0.855. The van der Waals surface area contributed by atoms with Crippen LogP contribution in [0.3, 0.4) is 0 Å². The molecule has 2 rings (SSSR count). The maximum atomic E-state index is 13.4. The van der Waals surface area contributed by atoms with Gasteiger partial charge in [-0.3, -0.25) is 4.79 Å². The third-order valence-corrected chi connectivity index (χ3v) is 2.99. The number of aryl methyl sites for hydroxylation is 1. The third-order valence-electron chi connectivity index (χ3n) is 2.99. The molecule has 1 amide bonds. The Balaban J connectivity index is 2.18. The third kappa shape index (κ3) is 3.41. The van der Waals surface area contributed by atoms with Gasteiger partial charge in [0.25, 0.3) is 0 Å². The van der Waals surface area contributed by atoms with E-state index in [1.165, 1.54) is 0 Å². The fourth-order valence-electron chi connectivity index (χ4n) is 1.75. The van der Waals surface area contributed by atoms with Crippen molar-refractivity contribution in [2.45, 2.75) is 13.0 Å². The Morgan fingerprint density at radius 2 is 1.62 bits per heavy atom. The highest BCUT2D eigenvalue weighted by atomic mass is 19.2. The molecule has 0 aliphatic rings. The van der Waals surface area contributed by atoms with Gasteiger partial charge in [-0.25, -0.2) is 13.2 Å². The first-order valence-electron chi connectivity index (χ1n) is 6.16. The molecule has 110 valence electrons. The Hall–Kier alpha value is -2.34. The Kier molecular flexibility index (Phi) is 4.28. The molecule has 1 atom stereocenters. The standard InChI is InChI=1S/C15H13F3N2O/c1-8-2-4-9(5-3-8)14(19)15(21)20-13-7-11(17)10(16)6-12(13)18/h2-7,14H,19H2,1H3,(H,20,21). The lowest BCUT2D eigenvalue weighted by atomic mass is 10.1. The Morgan fingerprint density at radius 1 is 1.05 bits per heavy atom. The molecule has 0 aliphatic heterocycles. The van der Waals surface area contributed by atoms with E-state index in [-0.39, 0.29) is 0 Å². The van der Waals surface area contributed by atoms with Gasteiger partial charge in [0.2, 0.25) is 5.91 Å². The van der Waals surface area contributed by atoms with Crippen LogP contribution < -0.4 is 11.1 Å².